The van der Waals surface area contributed by atoms with E-state index < -0.39 is 0 Å². The number of halogens is 2. The maximum absolute atomic E-state index is 3.76. The zero-order valence-electron chi connectivity index (χ0n) is 23.7. The van der Waals surface area contributed by atoms with Gasteiger partial charge < -0.3 is 35.0 Å². The lowest BCUT2D eigenvalue weighted by atomic mass is 10.0. The van der Waals surface area contributed by atoms with Gasteiger partial charge in [0.2, 0.25) is 0 Å². The van der Waals surface area contributed by atoms with Gasteiger partial charge in [0.25, 0.3) is 0 Å². The molecule has 0 aliphatic heterocycles. The second-order valence-corrected chi connectivity index (χ2v) is 10.6. The predicted molar refractivity (Wildman–Crippen MR) is 150 cm³/mol. The molecule has 0 bridgehead atoms. The van der Waals surface area contributed by atoms with E-state index in [1.165, 1.54) is 108 Å². The van der Waals surface area contributed by atoms with Gasteiger partial charge in [-0.15, -0.1) is 0 Å². The lowest BCUT2D eigenvalue weighted by Gasteiger charge is -2.30. The normalized spacial score (nSPS) is 10.6. The van der Waals surface area contributed by atoms with E-state index in [0.717, 1.165) is 17.6 Å². The number of hydrogen-bond donors (Lipinski definition) is 1. The van der Waals surface area contributed by atoms with E-state index in [1.807, 2.05) is 18.2 Å². The van der Waals surface area contributed by atoms with Crippen LogP contribution in [0.3, 0.4) is 0 Å². The zero-order valence-corrected chi connectivity index (χ0v) is 25.2. The highest BCUT2D eigenvalue weighted by molar-refractivity contribution is 5.13. The van der Waals surface area contributed by atoms with Crippen LogP contribution in [0.15, 0.2) is 60.7 Å². The molecule has 0 aromatic heterocycles. The molecule has 0 spiro atoms. The van der Waals surface area contributed by atoms with Crippen LogP contribution in [0.1, 0.15) is 108 Å². The smallest absolute Gasteiger partial charge is 0.104 e. The molecule has 0 fully saturated rings. The summed E-state index contributed by atoms with van der Waals surface area (Å²) in [6.07, 6.45) is 20.2. The Morgan fingerprint density at radius 3 is 1.25 bits per heavy atom. The third-order valence-corrected chi connectivity index (χ3v) is 6.70. The van der Waals surface area contributed by atoms with Crippen LogP contribution < -0.4 is 30.5 Å². The molecule has 3 N–H and O–H groups in total. The molecule has 2 rings (SSSR count). The van der Waals surface area contributed by atoms with E-state index in [4.69, 9.17) is 0 Å². The molecule has 0 aliphatic carbocycles. The standard InChI is InChI=1S/C25H46N.C7H9N.2ClH/c1-4-5-6-7-8-9-10-11-12-13-14-15-16-20-23-26(2,3)24-25-21-18-17-19-22-25;8-6-7-4-2-1-3-5-7;;/h17-19,21-22H,4-16,20,23-24H2,1-3H3;1-5H,6,8H2;2*1H/q+1;;;/p-1. The van der Waals surface area contributed by atoms with Crippen molar-refractivity contribution < 1.29 is 35.0 Å². The van der Waals surface area contributed by atoms with Crippen molar-refractivity contribution >= 4 is 0 Å². The Kier molecular flexibility index (Phi) is 26.4. The average molecular weight is 540 g/mol. The van der Waals surface area contributed by atoms with Gasteiger partial charge in [-0.1, -0.05) is 145 Å². The van der Waals surface area contributed by atoms with Crippen molar-refractivity contribution in [3.05, 3.63) is 71.8 Å². The minimum Gasteiger partial charge on any atom is -1.00 e. The Bertz CT molecular complexity index is 677. The van der Waals surface area contributed by atoms with Crippen LogP contribution >= 0.6 is 0 Å². The van der Waals surface area contributed by atoms with E-state index in [0.29, 0.717) is 0 Å². The first kappa shape index (κ1) is 37.1. The molecule has 0 heterocycles. The number of rotatable bonds is 18. The topological polar surface area (TPSA) is 27.6 Å². The molecule has 36 heavy (non-hydrogen) atoms. The summed E-state index contributed by atoms with van der Waals surface area (Å²) < 4.78 is 1.11. The molecular weight excluding hydrogens is 483 g/mol. The van der Waals surface area contributed by atoms with Crippen LogP contribution in [-0.2, 0) is 13.1 Å². The lowest BCUT2D eigenvalue weighted by molar-refractivity contribution is -0.903. The molecule has 0 saturated heterocycles. The fourth-order valence-electron chi connectivity index (χ4n) is 4.54. The molecule has 0 radical (unpaired) electrons. The predicted octanol–water partition coefficient (Wildman–Crippen LogP) is 2.18. The van der Waals surface area contributed by atoms with Crippen LogP contribution in [0.4, 0.5) is 0 Å². The first-order valence-corrected chi connectivity index (χ1v) is 14.3. The van der Waals surface area contributed by atoms with Crippen molar-refractivity contribution in [2.24, 2.45) is 0 Å². The van der Waals surface area contributed by atoms with E-state index in [2.05, 4.69) is 69.2 Å². The Morgan fingerprint density at radius 2 is 0.889 bits per heavy atom. The van der Waals surface area contributed by atoms with Crippen molar-refractivity contribution in [2.75, 3.05) is 20.6 Å². The maximum atomic E-state index is 3.76. The van der Waals surface area contributed by atoms with E-state index in [-0.39, 0.29) is 24.8 Å². The highest BCUT2D eigenvalue weighted by Crippen LogP contribution is 2.15. The fourth-order valence-corrected chi connectivity index (χ4v) is 4.54. The Balaban J connectivity index is 0. The molecule has 2 aromatic carbocycles. The molecule has 0 aliphatic rings. The number of benzene rings is 2. The lowest BCUT2D eigenvalue weighted by Crippen LogP contribution is -3.00. The van der Waals surface area contributed by atoms with E-state index in [9.17, 15) is 0 Å². The molecule has 2 aromatic rings. The minimum atomic E-state index is 0. The van der Waals surface area contributed by atoms with Crippen molar-refractivity contribution in [3.63, 3.8) is 0 Å². The van der Waals surface area contributed by atoms with Gasteiger partial charge in [-0.2, -0.15) is 0 Å². The summed E-state index contributed by atoms with van der Waals surface area (Å²) in [5, 5.41) is 0. The molecule has 0 saturated carbocycles. The van der Waals surface area contributed by atoms with Crippen molar-refractivity contribution in [3.8, 4) is 0 Å². The zero-order chi connectivity index (χ0) is 24.7. The summed E-state index contributed by atoms with van der Waals surface area (Å²) in [6, 6.07) is 21.2. The highest BCUT2D eigenvalue weighted by Gasteiger charge is 2.14. The molecule has 208 valence electrons. The molecule has 0 unspecified atom stereocenters. The van der Waals surface area contributed by atoms with E-state index >= 15 is 0 Å². The van der Waals surface area contributed by atoms with Gasteiger partial charge in [-0.3, -0.25) is 0 Å². The second kappa shape index (κ2) is 25.6. The number of unbranched alkanes of at least 4 members (excludes halogenated alkanes) is 13. The summed E-state index contributed by atoms with van der Waals surface area (Å²) in [5.74, 6) is 0. The minimum absolute atomic E-state index is 0. The largest absolute Gasteiger partial charge is 1.00 e. The number of hydrogen-bond acceptors (Lipinski definition) is 0. The first-order chi connectivity index (χ1) is 16.6. The van der Waals surface area contributed by atoms with Crippen molar-refractivity contribution in [1.29, 1.82) is 0 Å². The second-order valence-electron chi connectivity index (χ2n) is 10.6. The molecule has 2 nitrogen and oxygen atoms in total. The number of quaternary nitrogens is 2. The van der Waals surface area contributed by atoms with Crippen LogP contribution in [0.5, 0.6) is 0 Å². The average Bonchev–Trinajstić information content (AvgIpc) is 2.85. The van der Waals surface area contributed by atoms with E-state index in [1.54, 1.807) is 0 Å². The third kappa shape index (κ3) is 22.2. The van der Waals surface area contributed by atoms with Gasteiger partial charge in [-0.05, 0) is 12.8 Å². The fraction of sp³-hybridized carbons (Fsp3) is 0.625. The Labute approximate surface area is 236 Å². The Hall–Kier alpha value is -1.06. The summed E-state index contributed by atoms with van der Waals surface area (Å²) >= 11 is 0. The first-order valence-electron chi connectivity index (χ1n) is 14.3. The molecule has 0 atom stereocenters. The third-order valence-electron chi connectivity index (χ3n) is 6.70. The Morgan fingerprint density at radius 1 is 0.528 bits per heavy atom. The van der Waals surface area contributed by atoms with Crippen LogP contribution in [0.25, 0.3) is 0 Å². The highest BCUT2D eigenvalue weighted by atomic mass is 35.5. The molecule has 4 heteroatoms. The summed E-state index contributed by atoms with van der Waals surface area (Å²) in [4.78, 5) is 0. The summed E-state index contributed by atoms with van der Waals surface area (Å²) in [5.41, 5.74) is 6.52. The molecular formula is C32H56Cl2N2. The maximum Gasteiger partial charge on any atom is 0.104 e. The van der Waals surface area contributed by atoms with Crippen LogP contribution in [-0.4, -0.2) is 25.1 Å². The van der Waals surface area contributed by atoms with Gasteiger partial charge in [0.15, 0.2) is 0 Å². The van der Waals surface area contributed by atoms with Gasteiger partial charge in [-0.25, -0.2) is 0 Å². The van der Waals surface area contributed by atoms with Crippen LogP contribution in [0, 0.1) is 0 Å². The van der Waals surface area contributed by atoms with Crippen LogP contribution in [0.2, 0.25) is 0 Å². The van der Waals surface area contributed by atoms with Crippen molar-refractivity contribution in [2.45, 2.75) is 110 Å². The van der Waals surface area contributed by atoms with Crippen molar-refractivity contribution in [1.82, 2.24) is 0 Å². The monoisotopic (exact) mass is 538 g/mol. The number of nitrogens with zero attached hydrogens (tertiary/aromatic N) is 1. The van der Waals surface area contributed by atoms with Gasteiger partial charge in [0.05, 0.1) is 27.2 Å². The van der Waals surface area contributed by atoms with Gasteiger partial charge in [0, 0.05) is 11.1 Å². The quantitative estimate of drug-likeness (QED) is 0.222. The van der Waals surface area contributed by atoms with Gasteiger partial charge >= 0.3 is 0 Å². The summed E-state index contributed by atoms with van der Waals surface area (Å²) in [6.45, 7) is 5.64. The SMILES string of the molecule is CCCCCCCCCCCCCCCC[N+](C)(C)Cc1ccccc1.[Cl-].[Cl-].[NH3+]Cc1ccccc1. The summed E-state index contributed by atoms with van der Waals surface area (Å²) in [7, 11) is 4.74. The van der Waals surface area contributed by atoms with Gasteiger partial charge in [0.1, 0.15) is 6.54 Å². The molecule has 0 amide bonds.